The van der Waals surface area contributed by atoms with Crippen LogP contribution >= 0.6 is 23.4 Å². The number of carboxylic acids is 1. The molecule has 2 rings (SSSR count). The van der Waals surface area contributed by atoms with Crippen molar-refractivity contribution in [3.05, 3.63) is 29.3 Å². The van der Waals surface area contributed by atoms with Crippen molar-refractivity contribution in [2.75, 3.05) is 5.75 Å². The molecule has 1 saturated carbocycles. The zero-order valence-corrected chi connectivity index (χ0v) is 13.3. The van der Waals surface area contributed by atoms with E-state index in [1.54, 1.807) is 0 Å². The molecule has 20 heavy (non-hydrogen) atoms. The Morgan fingerprint density at radius 1 is 1.50 bits per heavy atom. The van der Waals surface area contributed by atoms with Gasteiger partial charge in [0.15, 0.2) is 0 Å². The molecule has 0 amide bonds. The van der Waals surface area contributed by atoms with Crippen LogP contribution in [0, 0.1) is 5.92 Å². The first kappa shape index (κ1) is 15.7. The van der Waals surface area contributed by atoms with Gasteiger partial charge in [0.25, 0.3) is 0 Å². The van der Waals surface area contributed by atoms with Crippen molar-refractivity contribution in [3.63, 3.8) is 0 Å². The quantitative estimate of drug-likeness (QED) is 0.754. The molecule has 0 aromatic heterocycles. The van der Waals surface area contributed by atoms with Crippen LogP contribution in [0.15, 0.2) is 29.2 Å². The van der Waals surface area contributed by atoms with Crippen molar-refractivity contribution in [3.8, 4) is 0 Å². The Morgan fingerprint density at radius 2 is 2.15 bits per heavy atom. The Bertz CT molecular complexity index is 491. The second-order valence-corrected chi connectivity index (χ2v) is 6.99. The molecule has 1 aromatic carbocycles. The summed E-state index contributed by atoms with van der Waals surface area (Å²) in [7, 11) is 0. The SMILES string of the molecule is CC(C)NC(CSc1ccccc1Cl)(C(=O)O)C1CC1. The summed E-state index contributed by atoms with van der Waals surface area (Å²) in [4.78, 5) is 12.8. The molecule has 1 fully saturated rings. The number of halogens is 1. The highest BCUT2D eigenvalue weighted by Gasteiger charge is 2.51. The third-order valence-corrected chi connectivity index (χ3v) is 5.20. The van der Waals surface area contributed by atoms with E-state index in [0.29, 0.717) is 10.8 Å². The van der Waals surface area contributed by atoms with Crippen molar-refractivity contribution >= 4 is 29.3 Å². The monoisotopic (exact) mass is 313 g/mol. The number of carbonyl (C=O) groups is 1. The van der Waals surface area contributed by atoms with Gasteiger partial charge in [-0.3, -0.25) is 10.1 Å². The zero-order valence-electron chi connectivity index (χ0n) is 11.7. The number of thioether (sulfide) groups is 1. The lowest BCUT2D eigenvalue weighted by Crippen LogP contribution is -2.58. The van der Waals surface area contributed by atoms with Gasteiger partial charge in [-0.05, 0) is 44.7 Å². The summed E-state index contributed by atoms with van der Waals surface area (Å²) in [6.07, 6.45) is 1.96. The molecular weight excluding hydrogens is 294 g/mol. The number of benzene rings is 1. The largest absolute Gasteiger partial charge is 0.480 e. The highest BCUT2D eigenvalue weighted by Crippen LogP contribution is 2.43. The fourth-order valence-electron chi connectivity index (χ4n) is 2.42. The number of rotatable bonds is 7. The molecule has 0 saturated heterocycles. The lowest BCUT2D eigenvalue weighted by atomic mass is 9.94. The molecule has 3 nitrogen and oxygen atoms in total. The van der Waals surface area contributed by atoms with Gasteiger partial charge in [0.05, 0.1) is 5.02 Å². The third-order valence-electron chi connectivity index (χ3n) is 3.49. The van der Waals surface area contributed by atoms with Gasteiger partial charge < -0.3 is 5.11 Å². The van der Waals surface area contributed by atoms with E-state index in [1.165, 1.54) is 11.8 Å². The summed E-state index contributed by atoms with van der Waals surface area (Å²) in [5, 5.41) is 13.7. The van der Waals surface area contributed by atoms with Gasteiger partial charge in [0, 0.05) is 16.7 Å². The molecular formula is C15H20ClNO2S. The molecule has 110 valence electrons. The maximum atomic E-state index is 11.8. The first-order chi connectivity index (χ1) is 9.45. The van der Waals surface area contributed by atoms with Crippen LogP contribution in [-0.4, -0.2) is 28.4 Å². The van der Waals surface area contributed by atoms with Crippen molar-refractivity contribution in [1.82, 2.24) is 5.32 Å². The summed E-state index contributed by atoms with van der Waals surface area (Å²) in [5.41, 5.74) is -0.849. The maximum absolute atomic E-state index is 11.8. The predicted octanol–water partition coefficient (Wildman–Crippen LogP) is 3.66. The standard InChI is InChI=1S/C15H20ClNO2S/c1-10(2)17-15(14(18)19,11-7-8-11)9-20-13-6-4-3-5-12(13)16/h3-6,10-11,17H,7-9H2,1-2H3,(H,18,19). The van der Waals surface area contributed by atoms with Crippen LogP contribution in [0.3, 0.4) is 0 Å². The summed E-state index contributed by atoms with van der Waals surface area (Å²) in [6.45, 7) is 3.97. The van der Waals surface area contributed by atoms with E-state index in [2.05, 4.69) is 5.32 Å². The Kier molecular flexibility index (Phi) is 4.99. The highest BCUT2D eigenvalue weighted by molar-refractivity contribution is 7.99. The van der Waals surface area contributed by atoms with E-state index in [1.807, 2.05) is 38.1 Å². The Balaban J connectivity index is 2.15. The molecule has 1 aliphatic carbocycles. The number of carboxylic acid groups (broad SMARTS) is 1. The van der Waals surface area contributed by atoms with Gasteiger partial charge >= 0.3 is 5.97 Å². The number of hydrogen-bond acceptors (Lipinski definition) is 3. The predicted molar refractivity (Wildman–Crippen MR) is 83.5 cm³/mol. The third kappa shape index (κ3) is 3.48. The fourth-order valence-corrected chi connectivity index (χ4v) is 3.93. The maximum Gasteiger partial charge on any atom is 0.325 e. The molecule has 2 N–H and O–H groups in total. The minimum atomic E-state index is -0.849. The average molecular weight is 314 g/mol. The molecule has 0 heterocycles. The van der Waals surface area contributed by atoms with Gasteiger partial charge in [-0.25, -0.2) is 0 Å². The average Bonchev–Trinajstić information content (AvgIpc) is 3.20. The summed E-state index contributed by atoms with van der Waals surface area (Å²) in [5.74, 6) is -0.0415. The van der Waals surface area contributed by atoms with Crippen LogP contribution in [-0.2, 0) is 4.79 Å². The molecule has 1 aliphatic rings. The Hall–Kier alpha value is -0.710. The summed E-state index contributed by atoms with van der Waals surface area (Å²) >= 11 is 7.66. The molecule has 1 aromatic rings. The van der Waals surface area contributed by atoms with Crippen LogP contribution in [0.2, 0.25) is 5.02 Å². The summed E-state index contributed by atoms with van der Waals surface area (Å²) in [6, 6.07) is 7.70. The van der Waals surface area contributed by atoms with Crippen molar-refractivity contribution in [1.29, 1.82) is 0 Å². The van der Waals surface area contributed by atoms with E-state index in [9.17, 15) is 9.90 Å². The number of aliphatic carboxylic acids is 1. The van der Waals surface area contributed by atoms with E-state index < -0.39 is 11.5 Å². The zero-order chi connectivity index (χ0) is 14.8. The molecule has 0 spiro atoms. The van der Waals surface area contributed by atoms with Crippen molar-refractivity contribution in [2.45, 2.75) is 43.2 Å². The molecule has 0 radical (unpaired) electrons. The van der Waals surface area contributed by atoms with Crippen LogP contribution in [0.5, 0.6) is 0 Å². The van der Waals surface area contributed by atoms with Crippen LogP contribution in [0.1, 0.15) is 26.7 Å². The summed E-state index contributed by atoms with van der Waals surface area (Å²) < 4.78 is 0. The lowest BCUT2D eigenvalue weighted by Gasteiger charge is -2.32. The first-order valence-corrected chi connectivity index (χ1v) is 8.20. The van der Waals surface area contributed by atoms with Crippen LogP contribution in [0.25, 0.3) is 0 Å². The van der Waals surface area contributed by atoms with Crippen LogP contribution in [0.4, 0.5) is 0 Å². The van der Waals surface area contributed by atoms with E-state index in [-0.39, 0.29) is 12.0 Å². The van der Waals surface area contributed by atoms with Gasteiger partial charge in [0.2, 0.25) is 0 Å². The van der Waals surface area contributed by atoms with Crippen LogP contribution < -0.4 is 5.32 Å². The van der Waals surface area contributed by atoms with Gasteiger partial charge in [-0.15, -0.1) is 11.8 Å². The topological polar surface area (TPSA) is 49.3 Å². The minimum absolute atomic E-state index is 0.138. The van der Waals surface area contributed by atoms with E-state index in [4.69, 9.17) is 11.6 Å². The normalized spacial score (nSPS) is 18.0. The van der Waals surface area contributed by atoms with Crippen molar-refractivity contribution in [2.24, 2.45) is 5.92 Å². The number of hydrogen-bond donors (Lipinski definition) is 2. The molecule has 1 atom stereocenters. The fraction of sp³-hybridized carbons (Fsp3) is 0.533. The van der Waals surface area contributed by atoms with E-state index >= 15 is 0 Å². The lowest BCUT2D eigenvalue weighted by molar-refractivity contribution is -0.145. The molecule has 0 bridgehead atoms. The number of nitrogens with one attached hydrogen (secondary N) is 1. The Morgan fingerprint density at radius 3 is 2.65 bits per heavy atom. The first-order valence-electron chi connectivity index (χ1n) is 6.84. The van der Waals surface area contributed by atoms with Gasteiger partial charge in [0.1, 0.15) is 5.54 Å². The second-order valence-electron chi connectivity index (χ2n) is 5.57. The molecule has 1 unspecified atom stereocenters. The second kappa shape index (κ2) is 6.37. The minimum Gasteiger partial charge on any atom is -0.480 e. The van der Waals surface area contributed by atoms with Gasteiger partial charge in [-0.2, -0.15) is 0 Å². The van der Waals surface area contributed by atoms with Crippen molar-refractivity contribution < 1.29 is 9.90 Å². The molecule has 5 heteroatoms. The van der Waals surface area contributed by atoms with E-state index in [0.717, 1.165) is 17.7 Å². The Labute approximate surface area is 129 Å². The molecule has 0 aliphatic heterocycles. The van der Waals surface area contributed by atoms with Gasteiger partial charge in [-0.1, -0.05) is 23.7 Å². The smallest absolute Gasteiger partial charge is 0.325 e. The highest BCUT2D eigenvalue weighted by atomic mass is 35.5.